The van der Waals surface area contributed by atoms with Gasteiger partial charge in [0.05, 0.1) is 15.0 Å². The molecule has 0 aliphatic rings. The minimum absolute atomic E-state index is 0.360. The molecule has 0 unspecified atom stereocenters. The molecule has 3 aromatic rings. The summed E-state index contributed by atoms with van der Waals surface area (Å²) in [5.74, 6) is -1.30. The van der Waals surface area contributed by atoms with E-state index in [-0.39, 0.29) is 5.56 Å². The molecule has 96 valence electrons. The van der Waals surface area contributed by atoms with Crippen LogP contribution in [-0.2, 0) is 0 Å². The summed E-state index contributed by atoms with van der Waals surface area (Å²) >= 11 is 4.88. The number of H-pyrrole nitrogens is 1. The minimum Gasteiger partial charge on any atom is -0.477 e. The Morgan fingerprint density at radius 2 is 2.32 bits per heavy atom. The molecule has 19 heavy (non-hydrogen) atoms. The van der Waals surface area contributed by atoms with Gasteiger partial charge >= 0.3 is 5.97 Å². The highest BCUT2D eigenvalue weighted by Gasteiger charge is 2.18. The number of nitrogens with zero attached hydrogens (tertiary/aromatic N) is 2. The fourth-order valence-electron chi connectivity index (χ4n) is 1.72. The number of hydrogen-bond donors (Lipinski definition) is 2. The molecule has 0 aromatic carbocycles. The molecule has 0 atom stereocenters. The van der Waals surface area contributed by atoms with Crippen molar-refractivity contribution in [1.82, 2.24) is 14.6 Å². The molecule has 0 radical (unpaired) electrons. The number of fused-ring (bicyclic) bond motifs is 1. The Kier molecular flexibility index (Phi) is 2.76. The molecule has 0 aliphatic heterocycles. The van der Waals surface area contributed by atoms with E-state index in [1.54, 1.807) is 0 Å². The Labute approximate surface area is 118 Å². The van der Waals surface area contributed by atoms with Crippen molar-refractivity contribution in [1.29, 1.82) is 0 Å². The molecule has 0 bridgehead atoms. The van der Waals surface area contributed by atoms with E-state index in [1.165, 1.54) is 11.3 Å². The van der Waals surface area contributed by atoms with Crippen LogP contribution in [0.3, 0.4) is 0 Å². The summed E-state index contributed by atoms with van der Waals surface area (Å²) in [6, 6.07) is 3.78. The number of thiophene rings is 1. The Hall–Kier alpha value is -1.93. The first-order chi connectivity index (χ1) is 9.09. The van der Waals surface area contributed by atoms with Crippen LogP contribution in [0.2, 0.25) is 0 Å². The van der Waals surface area contributed by atoms with Gasteiger partial charge in [0.15, 0.2) is 5.65 Å². The molecule has 0 fully saturated rings. The summed E-state index contributed by atoms with van der Waals surface area (Å²) in [7, 11) is 0. The lowest BCUT2D eigenvalue weighted by Gasteiger charge is -1.94. The molecular formula is C11H6BrN3O3S. The quantitative estimate of drug-likeness (QED) is 0.749. The Morgan fingerprint density at radius 3 is 2.95 bits per heavy atom. The third-order valence-corrected chi connectivity index (χ3v) is 4.24. The Balaban J connectivity index is 2.36. The number of aromatic nitrogens is 3. The van der Waals surface area contributed by atoms with E-state index < -0.39 is 11.5 Å². The van der Waals surface area contributed by atoms with Crippen LogP contribution in [0.15, 0.2) is 33.0 Å². The molecule has 8 heteroatoms. The Morgan fingerprint density at radius 1 is 1.53 bits per heavy atom. The number of carbonyl (C=O) groups is 1. The number of aromatic amines is 1. The predicted molar refractivity (Wildman–Crippen MR) is 73.8 cm³/mol. The molecule has 3 rings (SSSR count). The average molecular weight is 340 g/mol. The van der Waals surface area contributed by atoms with E-state index in [1.807, 2.05) is 17.5 Å². The number of halogens is 1. The molecule has 0 aliphatic carbocycles. The van der Waals surface area contributed by atoms with Crippen LogP contribution in [0.25, 0.3) is 16.2 Å². The maximum Gasteiger partial charge on any atom is 0.343 e. The van der Waals surface area contributed by atoms with Gasteiger partial charge in [-0.15, -0.1) is 11.3 Å². The first-order valence-electron chi connectivity index (χ1n) is 5.16. The monoisotopic (exact) mass is 339 g/mol. The molecule has 0 saturated heterocycles. The minimum atomic E-state index is -1.30. The topological polar surface area (TPSA) is 87.5 Å². The summed E-state index contributed by atoms with van der Waals surface area (Å²) in [5, 5.41) is 13.7. The number of carboxylic acid groups (broad SMARTS) is 1. The van der Waals surface area contributed by atoms with Crippen LogP contribution in [0.4, 0.5) is 0 Å². The second-order valence-corrected chi connectivity index (χ2v) is 5.46. The van der Waals surface area contributed by atoms with E-state index in [0.717, 1.165) is 15.6 Å². The molecule has 2 N–H and O–H groups in total. The molecule has 0 spiro atoms. The van der Waals surface area contributed by atoms with Gasteiger partial charge in [0, 0.05) is 6.20 Å². The lowest BCUT2D eigenvalue weighted by Crippen LogP contribution is -2.22. The van der Waals surface area contributed by atoms with Gasteiger partial charge in [-0.05, 0) is 27.4 Å². The fraction of sp³-hybridized carbons (Fsp3) is 0. The molecular weight excluding hydrogens is 334 g/mol. The standard InChI is InChI=1S/C11H6BrN3O3S/c12-7-8(6-2-1-3-19-6)14-15-9(7)13-4-5(10(15)16)11(17)18/h1-4,14H,(H,17,18). The predicted octanol–water partition coefficient (Wildman–Crippen LogP) is 2.21. The SMILES string of the molecule is O=C(O)c1cnc2c(Br)c(-c3cccs3)[nH]n2c1=O. The van der Waals surface area contributed by atoms with Crippen molar-refractivity contribution in [2.75, 3.05) is 0 Å². The van der Waals surface area contributed by atoms with Crippen LogP contribution < -0.4 is 5.56 Å². The first-order valence-corrected chi connectivity index (χ1v) is 6.83. The summed E-state index contributed by atoms with van der Waals surface area (Å²) in [4.78, 5) is 27.8. The van der Waals surface area contributed by atoms with Gasteiger partial charge in [-0.25, -0.2) is 9.78 Å². The number of hydrogen-bond acceptors (Lipinski definition) is 4. The largest absolute Gasteiger partial charge is 0.477 e. The van der Waals surface area contributed by atoms with E-state index in [2.05, 4.69) is 26.0 Å². The summed E-state index contributed by atoms with van der Waals surface area (Å²) in [5.41, 5.74) is 0.0468. The third kappa shape index (κ3) is 1.80. The van der Waals surface area contributed by atoms with E-state index in [9.17, 15) is 9.59 Å². The van der Waals surface area contributed by atoms with Gasteiger partial charge in [0.1, 0.15) is 5.56 Å². The van der Waals surface area contributed by atoms with Crippen LogP contribution in [-0.4, -0.2) is 25.7 Å². The molecule has 3 aromatic heterocycles. The lowest BCUT2D eigenvalue weighted by atomic mass is 10.3. The van der Waals surface area contributed by atoms with Gasteiger partial charge in [-0.2, -0.15) is 4.52 Å². The van der Waals surface area contributed by atoms with Gasteiger partial charge < -0.3 is 5.11 Å². The van der Waals surface area contributed by atoms with Gasteiger partial charge in [-0.3, -0.25) is 9.89 Å². The van der Waals surface area contributed by atoms with Gasteiger partial charge in [-0.1, -0.05) is 6.07 Å². The van der Waals surface area contributed by atoms with Crippen molar-refractivity contribution in [3.05, 3.63) is 44.1 Å². The van der Waals surface area contributed by atoms with Crippen molar-refractivity contribution in [2.24, 2.45) is 0 Å². The molecule has 0 amide bonds. The van der Waals surface area contributed by atoms with Crippen LogP contribution in [0.5, 0.6) is 0 Å². The van der Waals surface area contributed by atoms with Crippen molar-refractivity contribution >= 4 is 38.9 Å². The average Bonchev–Trinajstić information content (AvgIpc) is 2.98. The third-order valence-electron chi connectivity index (χ3n) is 2.60. The number of carboxylic acids is 1. The highest BCUT2D eigenvalue weighted by Crippen LogP contribution is 2.32. The Bertz CT molecular complexity index is 835. The first kappa shape index (κ1) is 12.1. The van der Waals surface area contributed by atoms with Crippen LogP contribution in [0, 0.1) is 0 Å². The van der Waals surface area contributed by atoms with Crippen LogP contribution in [0.1, 0.15) is 10.4 Å². The maximum absolute atomic E-state index is 12.0. The zero-order valence-corrected chi connectivity index (χ0v) is 11.7. The van der Waals surface area contributed by atoms with Crippen molar-refractivity contribution in [3.8, 4) is 10.6 Å². The summed E-state index contributed by atoms with van der Waals surface area (Å²) in [6.45, 7) is 0. The van der Waals surface area contributed by atoms with Gasteiger partial charge in [0.25, 0.3) is 5.56 Å². The molecule has 0 saturated carbocycles. The maximum atomic E-state index is 12.0. The number of nitrogens with one attached hydrogen (secondary N) is 1. The number of aromatic carboxylic acids is 1. The van der Waals surface area contributed by atoms with Crippen molar-refractivity contribution in [3.63, 3.8) is 0 Å². The molecule has 3 heterocycles. The van der Waals surface area contributed by atoms with E-state index in [4.69, 9.17) is 5.11 Å². The highest BCUT2D eigenvalue weighted by molar-refractivity contribution is 9.10. The molecule has 6 nitrogen and oxygen atoms in total. The van der Waals surface area contributed by atoms with Crippen molar-refractivity contribution < 1.29 is 9.90 Å². The fourth-order valence-corrected chi connectivity index (χ4v) is 3.16. The van der Waals surface area contributed by atoms with Crippen LogP contribution >= 0.6 is 27.3 Å². The van der Waals surface area contributed by atoms with Crippen molar-refractivity contribution in [2.45, 2.75) is 0 Å². The zero-order valence-electron chi connectivity index (χ0n) is 9.25. The zero-order chi connectivity index (χ0) is 13.6. The highest BCUT2D eigenvalue weighted by atomic mass is 79.9. The summed E-state index contributed by atoms with van der Waals surface area (Å²) < 4.78 is 1.76. The lowest BCUT2D eigenvalue weighted by molar-refractivity contribution is 0.0694. The normalized spacial score (nSPS) is 11.0. The number of rotatable bonds is 2. The smallest absolute Gasteiger partial charge is 0.343 e. The second-order valence-electron chi connectivity index (χ2n) is 3.72. The van der Waals surface area contributed by atoms with E-state index >= 15 is 0 Å². The second kappa shape index (κ2) is 4.32. The van der Waals surface area contributed by atoms with E-state index in [0.29, 0.717) is 15.8 Å². The summed E-state index contributed by atoms with van der Waals surface area (Å²) in [6.07, 6.45) is 1.07. The van der Waals surface area contributed by atoms with Gasteiger partial charge in [0.2, 0.25) is 0 Å².